The van der Waals surface area contributed by atoms with Gasteiger partial charge in [-0.05, 0) is 42.2 Å². The summed E-state index contributed by atoms with van der Waals surface area (Å²) in [5.74, 6) is 1.76. The highest BCUT2D eigenvalue weighted by Gasteiger charge is 2.43. The van der Waals surface area contributed by atoms with Crippen LogP contribution < -0.4 is 20.3 Å². The zero-order chi connectivity index (χ0) is 28.8. The fourth-order valence-corrected chi connectivity index (χ4v) is 5.38. The summed E-state index contributed by atoms with van der Waals surface area (Å²) in [6, 6.07) is 15.0. The van der Waals surface area contributed by atoms with Gasteiger partial charge in [0.05, 0.1) is 20.3 Å². The molecule has 41 heavy (non-hydrogen) atoms. The Morgan fingerprint density at radius 2 is 1.61 bits per heavy atom. The van der Waals surface area contributed by atoms with Crippen LogP contribution in [-0.2, 0) is 16.0 Å². The highest BCUT2D eigenvalue weighted by Crippen LogP contribution is 2.43. The van der Waals surface area contributed by atoms with Gasteiger partial charge in [0.15, 0.2) is 0 Å². The largest absolute Gasteiger partial charge is 0.497 e. The van der Waals surface area contributed by atoms with Crippen LogP contribution in [0, 0.1) is 0 Å². The summed E-state index contributed by atoms with van der Waals surface area (Å²) >= 11 is 0. The topological polar surface area (TPSA) is 117 Å². The Kier molecular flexibility index (Phi) is 8.86. The van der Waals surface area contributed by atoms with Gasteiger partial charge in [0.25, 0.3) is 0 Å². The minimum absolute atomic E-state index is 0.346. The third-order valence-electron chi connectivity index (χ3n) is 7.52. The molecule has 10 heteroatoms. The molecule has 4 aromatic rings. The maximum absolute atomic E-state index is 13.5. The first-order chi connectivity index (χ1) is 20.1. The quantitative estimate of drug-likeness (QED) is 0.154. The number of methoxy groups -OCH3 is 2. The fraction of sp³-hybridized carbons (Fsp3) is 0.419. The van der Waals surface area contributed by atoms with Gasteiger partial charge < -0.3 is 30.0 Å². The predicted molar refractivity (Wildman–Crippen MR) is 162 cm³/mol. The molecule has 3 N–H and O–H groups in total. The van der Waals surface area contributed by atoms with E-state index in [4.69, 9.17) is 19.4 Å². The summed E-state index contributed by atoms with van der Waals surface area (Å²) in [6.45, 7) is 5.76. The Morgan fingerprint density at radius 1 is 0.951 bits per heavy atom. The van der Waals surface area contributed by atoms with Crippen LogP contribution in [0.15, 0.2) is 48.5 Å². The molecule has 0 bridgehead atoms. The number of rotatable bonds is 12. The van der Waals surface area contributed by atoms with Crippen molar-refractivity contribution in [1.29, 1.82) is 0 Å². The lowest BCUT2D eigenvalue weighted by Crippen LogP contribution is -2.50. The third-order valence-corrected chi connectivity index (χ3v) is 7.52. The second-order valence-corrected chi connectivity index (χ2v) is 10.2. The molecule has 0 saturated carbocycles. The molecule has 0 radical (unpaired) electrons. The van der Waals surface area contributed by atoms with Crippen LogP contribution in [0.4, 0.5) is 17.8 Å². The highest BCUT2D eigenvalue weighted by atomic mass is 16.5. The maximum Gasteiger partial charge on any atom is 0.328 e. The molecule has 1 aliphatic heterocycles. The Labute approximate surface area is 240 Å². The molecule has 216 valence electrons. The summed E-state index contributed by atoms with van der Waals surface area (Å²) in [6.07, 6.45) is 4.52. The number of carbonyl (C=O) groups excluding carboxylic acids is 1. The number of carbonyl (C=O) groups is 1. The molecule has 5 rings (SSSR count). The molecule has 3 heterocycles. The molecule has 0 amide bonds. The number of hydrogen-bond acceptors (Lipinski definition) is 9. The van der Waals surface area contributed by atoms with Gasteiger partial charge in [-0.3, -0.25) is 0 Å². The lowest BCUT2D eigenvalue weighted by molar-refractivity contribution is -0.142. The maximum atomic E-state index is 13.5. The van der Waals surface area contributed by atoms with E-state index in [1.54, 1.807) is 7.11 Å². The number of aromatic amines is 1. The summed E-state index contributed by atoms with van der Waals surface area (Å²) in [4.78, 5) is 33.5. The van der Waals surface area contributed by atoms with Crippen LogP contribution in [0.25, 0.3) is 10.9 Å². The van der Waals surface area contributed by atoms with Gasteiger partial charge in [0.2, 0.25) is 17.8 Å². The van der Waals surface area contributed by atoms with Crippen molar-refractivity contribution in [3.63, 3.8) is 0 Å². The minimum atomic E-state index is -0.659. The summed E-state index contributed by atoms with van der Waals surface area (Å²) in [5, 5.41) is 7.80. The van der Waals surface area contributed by atoms with Crippen molar-refractivity contribution >= 4 is 34.7 Å². The predicted octanol–water partition coefficient (Wildman–Crippen LogP) is 5.48. The number of fused-ring (bicyclic) bond motifs is 3. The van der Waals surface area contributed by atoms with E-state index in [2.05, 4.69) is 46.6 Å². The number of H-pyrrole nitrogens is 1. The molecular formula is C31H39N7O3. The number of benzene rings is 2. The lowest BCUT2D eigenvalue weighted by Gasteiger charge is -2.41. The van der Waals surface area contributed by atoms with Crippen LogP contribution >= 0.6 is 0 Å². The van der Waals surface area contributed by atoms with E-state index < -0.39 is 12.1 Å². The van der Waals surface area contributed by atoms with Crippen molar-refractivity contribution in [1.82, 2.24) is 19.9 Å². The SMILES string of the molecule is CCCCNc1nc(NCCCC)nc(N2[C@@H](c3ccc(OC)cc3)c3[nH]c4ccccc4c3C[C@H]2C(=O)OC)n1. The van der Waals surface area contributed by atoms with E-state index in [-0.39, 0.29) is 5.97 Å². The standard InChI is InChI=1S/C31H39N7O3/c1-5-7-17-32-29-35-30(33-18-8-6-2)37-31(36-29)38-25(28(39)41-4)19-23-22-11-9-10-12-24(22)34-26(23)27(38)20-13-15-21(40-3)16-14-20/h9-16,25,27,34H,5-8,17-19H2,1-4H3,(H2,32,33,35,36,37)/t25-,27-/m0/s1. The van der Waals surface area contributed by atoms with Crippen molar-refractivity contribution < 1.29 is 14.3 Å². The summed E-state index contributed by atoms with van der Waals surface area (Å²) < 4.78 is 10.8. The fourth-order valence-electron chi connectivity index (χ4n) is 5.38. The molecule has 2 aromatic heterocycles. The van der Waals surface area contributed by atoms with Gasteiger partial charge in [0, 0.05) is 36.1 Å². The number of nitrogens with zero attached hydrogens (tertiary/aromatic N) is 4. The van der Waals surface area contributed by atoms with Gasteiger partial charge in [0.1, 0.15) is 11.8 Å². The Bertz CT molecular complexity index is 1440. The van der Waals surface area contributed by atoms with Gasteiger partial charge in [-0.15, -0.1) is 0 Å². The van der Waals surface area contributed by atoms with E-state index >= 15 is 0 Å². The van der Waals surface area contributed by atoms with Crippen LogP contribution in [0.3, 0.4) is 0 Å². The number of ether oxygens (including phenoxy) is 2. The average molecular weight is 558 g/mol. The number of unbranched alkanes of at least 4 members (excludes halogenated alkanes) is 2. The molecule has 0 unspecified atom stereocenters. The smallest absolute Gasteiger partial charge is 0.328 e. The number of anilines is 3. The monoisotopic (exact) mass is 557 g/mol. The van der Waals surface area contributed by atoms with Gasteiger partial charge in [-0.2, -0.15) is 15.0 Å². The van der Waals surface area contributed by atoms with E-state index in [1.165, 1.54) is 7.11 Å². The number of esters is 1. The van der Waals surface area contributed by atoms with Gasteiger partial charge >= 0.3 is 5.97 Å². The normalized spacial score (nSPS) is 16.3. The van der Waals surface area contributed by atoms with Crippen LogP contribution in [-0.4, -0.2) is 59.3 Å². The molecular weight excluding hydrogens is 518 g/mol. The van der Waals surface area contributed by atoms with E-state index in [0.717, 1.165) is 72.2 Å². The first-order valence-electron chi connectivity index (χ1n) is 14.4. The molecule has 2 aromatic carbocycles. The third kappa shape index (κ3) is 5.91. The average Bonchev–Trinajstić information content (AvgIpc) is 3.38. The first kappa shape index (κ1) is 28.2. The summed E-state index contributed by atoms with van der Waals surface area (Å²) in [5.41, 5.74) is 4.07. The second kappa shape index (κ2) is 12.9. The highest BCUT2D eigenvalue weighted by molar-refractivity contribution is 5.89. The summed E-state index contributed by atoms with van der Waals surface area (Å²) in [7, 11) is 3.08. The van der Waals surface area contributed by atoms with Gasteiger partial charge in [-0.25, -0.2) is 4.79 Å². The van der Waals surface area contributed by atoms with Crippen LogP contribution in [0.1, 0.15) is 62.4 Å². The molecule has 10 nitrogen and oxygen atoms in total. The number of para-hydroxylation sites is 1. The van der Waals surface area contributed by atoms with Crippen LogP contribution in [0.2, 0.25) is 0 Å². The number of aromatic nitrogens is 4. The second-order valence-electron chi connectivity index (χ2n) is 10.2. The van der Waals surface area contributed by atoms with Crippen molar-refractivity contribution in [3.05, 3.63) is 65.4 Å². The van der Waals surface area contributed by atoms with Gasteiger partial charge in [-0.1, -0.05) is 57.0 Å². The Morgan fingerprint density at radius 3 is 2.22 bits per heavy atom. The first-order valence-corrected chi connectivity index (χ1v) is 14.4. The zero-order valence-electron chi connectivity index (χ0n) is 24.2. The number of nitrogens with one attached hydrogen (secondary N) is 3. The zero-order valence-corrected chi connectivity index (χ0v) is 24.2. The van der Waals surface area contributed by atoms with E-state index in [9.17, 15) is 4.79 Å². The molecule has 0 fully saturated rings. The van der Waals surface area contributed by atoms with Crippen molar-refractivity contribution in [2.45, 2.75) is 58.0 Å². The molecule has 2 atom stereocenters. The molecule has 0 saturated heterocycles. The Balaban J connectivity index is 1.70. The minimum Gasteiger partial charge on any atom is -0.497 e. The van der Waals surface area contributed by atoms with Crippen molar-refractivity contribution in [3.8, 4) is 5.75 Å². The van der Waals surface area contributed by atoms with E-state index in [0.29, 0.717) is 24.3 Å². The molecule has 0 aliphatic carbocycles. The van der Waals surface area contributed by atoms with Crippen LogP contribution in [0.5, 0.6) is 5.75 Å². The van der Waals surface area contributed by atoms with Crippen molar-refractivity contribution in [2.24, 2.45) is 0 Å². The van der Waals surface area contributed by atoms with E-state index in [1.807, 2.05) is 41.3 Å². The van der Waals surface area contributed by atoms with Crippen molar-refractivity contribution in [2.75, 3.05) is 42.8 Å². The molecule has 0 spiro atoms. The number of hydrogen-bond donors (Lipinski definition) is 3. The molecule has 1 aliphatic rings. The Hall–Kier alpha value is -4.34. The lowest BCUT2D eigenvalue weighted by atomic mass is 9.88.